The summed E-state index contributed by atoms with van der Waals surface area (Å²) in [6, 6.07) is 14.7. The van der Waals surface area contributed by atoms with Gasteiger partial charge in [-0.1, -0.05) is 36.9 Å². The SMILES string of the molecule is C=CCOc1ccc(/C=C2\SC(=O)N(c3cccc(C)c3)C2=O)cc1. The number of ether oxygens (including phenoxy) is 1. The maximum absolute atomic E-state index is 12.6. The molecule has 126 valence electrons. The minimum absolute atomic E-state index is 0.284. The molecular formula is C20H17NO3S. The van der Waals surface area contributed by atoms with Crippen molar-refractivity contribution in [1.29, 1.82) is 0 Å². The summed E-state index contributed by atoms with van der Waals surface area (Å²) >= 11 is 0.949. The quantitative estimate of drug-likeness (QED) is 0.573. The molecule has 0 unspecified atom stereocenters. The molecule has 0 atom stereocenters. The topological polar surface area (TPSA) is 46.6 Å². The molecule has 1 saturated heterocycles. The standard InChI is InChI=1S/C20H17NO3S/c1-3-11-24-17-9-7-15(8-10-17)13-18-19(22)21(20(23)25-18)16-6-4-5-14(2)12-16/h3-10,12-13H,1,11H2,2H3/b18-13-. The first-order valence-electron chi connectivity index (χ1n) is 7.77. The van der Waals surface area contributed by atoms with E-state index in [1.54, 1.807) is 18.2 Å². The Balaban J connectivity index is 1.81. The Kier molecular flexibility index (Phi) is 5.05. The Morgan fingerprint density at radius 1 is 1.16 bits per heavy atom. The number of anilines is 1. The molecule has 5 heteroatoms. The van der Waals surface area contributed by atoms with E-state index in [-0.39, 0.29) is 11.1 Å². The van der Waals surface area contributed by atoms with E-state index in [9.17, 15) is 9.59 Å². The fourth-order valence-corrected chi connectivity index (χ4v) is 3.27. The van der Waals surface area contributed by atoms with Crippen molar-refractivity contribution in [3.63, 3.8) is 0 Å². The molecule has 2 amide bonds. The number of nitrogens with zero attached hydrogens (tertiary/aromatic N) is 1. The summed E-state index contributed by atoms with van der Waals surface area (Å²) in [5.74, 6) is 0.428. The van der Waals surface area contributed by atoms with Crippen LogP contribution >= 0.6 is 11.8 Å². The van der Waals surface area contributed by atoms with Gasteiger partial charge in [-0.15, -0.1) is 0 Å². The smallest absolute Gasteiger partial charge is 0.298 e. The number of carbonyl (C=O) groups is 2. The molecule has 2 aromatic rings. The second kappa shape index (κ2) is 7.40. The van der Waals surface area contributed by atoms with Crippen molar-refractivity contribution in [2.75, 3.05) is 11.5 Å². The average molecular weight is 351 g/mol. The molecule has 25 heavy (non-hydrogen) atoms. The molecule has 2 aromatic carbocycles. The van der Waals surface area contributed by atoms with E-state index in [1.165, 1.54) is 4.90 Å². The largest absolute Gasteiger partial charge is 0.490 e. The molecule has 4 nitrogen and oxygen atoms in total. The third-order valence-corrected chi connectivity index (χ3v) is 4.47. The number of aryl methyl sites for hydroxylation is 1. The van der Waals surface area contributed by atoms with E-state index >= 15 is 0 Å². The van der Waals surface area contributed by atoms with Gasteiger partial charge in [-0.2, -0.15) is 0 Å². The lowest BCUT2D eigenvalue weighted by atomic mass is 10.2. The number of rotatable bonds is 5. The van der Waals surface area contributed by atoms with Crippen LogP contribution in [0.2, 0.25) is 0 Å². The van der Waals surface area contributed by atoms with Crippen LogP contribution in [0.5, 0.6) is 5.75 Å². The van der Waals surface area contributed by atoms with E-state index in [0.29, 0.717) is 17.2 Å². The minimum atomic E-state index is -0.299. The van der Waals surface area contributed by atoms with Gasteiger partial charge in [0.05, 0.1) is 10.6 Å². The Labute approximate surface area is 150 Å². The van der Waals surface area contributed by atoms with Gasteiger partial charge in [0, 0.05) is 0 Å². The maximum Gasteiger partial charge on any atom is 0.298 e. The third kappa shape index (κ3) is 3.83. The van der Waals surface area contributed by atoms with Crippen molar-refractivity contribution in [2.45, 2.75) is 6.92 Å². The van der Waals surface area contributed by atoms with Crippen LogP contribution in [-0.2, 0) is 4.79 Å². The molecule has 0 N–H and O–H groups in total. The number of hydrogen-bond donors (Lipinski definition) is 0. The summed E-state index contributed by atoms with van der Waals surface area (Å²) in [5, 5.41) is -0.284. The fourth-order valence-electron chi connectivity index (χ4n) is 2.42. The van der Waals surface area contributed by atoms with Gasteiger partial charge in [0.25, 0.3) is 11.1 Å². The van der Waals surface area contributed by atoms with Gasteiger partial charge in [0.2, 0.25) is 0 Å². The van der Waals surface area contributed by atoms with Crippen molar-refractivity contribution >= 4 is 34.7 Å². The summed E-state index contributed by atoms with van der Waals surface area (Å²) in [7, 11) is 0. The molecule has 0 saturated carbocycles. The van der Waals surface area contributed by atoms with Gasteiger partial charge < -0.3 is 4.74 Å². The zero-order valence-electron chi connectivity index (χ0n) is 13.8. The van der Waals surface area contributed by atoms with Gasteiger partial charge in [-0.05, 0) is 60.2 Å². The van der Waals surface area contributed by atoms with Crippen LogP contribution in [-0.4, -0.2) is 17.8 Å². The number of thioether (sulfide) groups is 1. The monoisotopic (exact) mass is 351 g/mol. The molecular weight excluding hydrogens is 334 g/mol. The van der Waals surface area contributed by atoms with Crippen molar-refractivity contribution in [3.8, 4) is 5.75 Å². The first-order chi connectivity index (χ1) is 12.1. The first kappa shape index (κ1) is 17.0. The van der Waals surface area contributed by atoms with Gasteiger partial charge in [0.1, 0.15) is 12.4 Å². The normalized spacial score (nSPS) is 15.7. The van der Waals surface area contributed by atoms with Crippen LogP contribution < -0.4 is 9.64 Å². The molecule has 1 aliphatic rings. The number of imide groups is 1. The van der Waals surface area contributed by atoms with Crippen molar-refractivity contribution in [2.24, 2.45) is 0 Å². The minimum Gasteiger partial charge on any atom is -0.490 e. The van der Waals surface area contributed by atoms with E-state index in [1.807, 2.05) is 49.4 Å². The molecule has 0 bridgehead atoms. The first-order valence-corrected chi connectivity index (χ1v) is 8.58. The van der Waals surface area contributed by atoms with Crippen molar-refractivity contribution < 1.29 is 14.3 Å². The van der Waals surface area contributed by atoms with Crippen LogP contribution in [0, 0.1) is 6.92 Å². The Hall–Kier alpha value is -2.79. The fraction of sp³-hybridized carbons (Fsp3) is 0.100. The Morgan fingerprint density at radius 2 is 1.92 bits per heavy atom. The highest BCUT2D eigenvalue weighted by Gasteiger charge is 2.36. The zero-order chi connectivity index (χ0) is 17.8. The average Bonchev–Trinajstić information content (AvgIpc) is 2.88. The molecule has 1 fully saturated rings. The molecule has 0 aliphatic carbocycles. The summed E-state index contributed by atoms with van der Waals surface area (Å²) < 4.78 is 5.43. The molecule has 0 spiro atoms. The van der Waals surface area contributed by atoms with Crippen LogP contribution in [0.25, 0.3) is 6.08 Å². The summed E-state index contributed by atoms with van der Waals surface area (Å²) in [4.78, 5) is 26.5. The van der Waals surface area contributed by atoms with Crippen LogP contribution in [0.4, 0.5) is 10.5 Å². The van der Waals surface area contributed by atoms with Gasteiger partial charge in [-0.25, -0.2) is 4.90 Å². The van der Waals surface area contributed by atoms with Crippen LogP contribution in [0.1, 0.15) is 11.1 Å². The molecule has 3 rings (SSSR count). The van der Waals surface area contributed by atoms with Gasteiger partial charge in [0.15, 0.2) is 0 Å². The molecule has 1 heterocycles. The molecule has 0 radical (unpaired) electrons. The van der Waals surface area contributed by atoms with Crippen LogP contribution in [0.15, 0.2) is 66.1 Å². The van der Waals surface area contributed by atoms with Gasteiger partial charge in [-0.3, -0.25) is 9.59 Å². The highest BCUT2D eigenvalue weighted by Crippen LogP contribution is 2.36. The zero-order valence-corrected chi connectivity index (χ0v) is 14.6. The number of amides is 2. The van der Waals surface area contributed by atoms with E-state index in [2.05, 4.69) is 6.58 Å². The maximum atomic E-state index is 12.6. The van der Waals surface area contributed by atoms with E-state index in [4.69, 9.17) is 4.74 Å². The number of hydrogen-bond acceptors (Lipinski definition) is 4. The van der Waals surface area contributed by atoms with Crippen LogP contribution in [0.3, 0.4) is 0 Å². The highest BCUT2D eigenvalue weighted by atomic mass is 32.2. The summed E-state index contributed by atoms with van der Waals surface area (Å²) in [6.07, 6.45) is 3.40. The predicted octanol–water partition coefficient (Wildman–Crippen LogP) is 4.80. The van der Waals surface area contributed by atoms with Crippen molar-refractivity contribution in [1.82, 2.24) is 0 Å². The van der Waals surface area contributed by atoms with E-state index < -0.39 is 0 Å². The molecule has 0 aromatic heterocycles. The highest BCUT2D eigenvalue weighted by molar-refractivity contribution is 8.19. The lowest BCUT2D eigenvalue weighted by Gasteiger charge is -2.12. The summed E-state index contributed by atoms with van der Waals surface area (Å²) in [5.41, 5.74) is 2.43. The predicted molar refractivity (Wildman–Crippen MR) is 102 cm³/mol. The number of carbonyl (C=O) groups excluding carboxylic acids is 2. The van der Waals surface area contributed by atoms with Gasteiger partial charge >= 0.3 is 0 Å². The second-order valence-electron chi connectivity index (χ2n) is 5.52. The summed E-state index contributed by atoms with van der Waals surface area (Å²) in [6.45, 7) is 5.97. The lowest BCUT2D eigenvalue weighted by Crippen LogP contribution is -2.27. The second-order valence-corrected chi connectivity index (χ2v) is 6.52. The lowest BCUT2D eigenvalue weighted by molar-refractivity contribution is -0.113. The number of benzene rings is 2. The van der Waals surface area contributed by atoms with E-state index in [0.717, 1.165) is 28.6 Å². The Morgan fingerprint density at radius 3 is 2.60 bits per heavy atom. The molecule has 1 aliphatic heterocycles. The third-order valence-electron chi connectivity index (χ3n) is 3.60. The van der Waals surface area contributed by atoms with Crippen molar-refractivity contribution in [3.05, 3.63) is 77.2 Å². The Bertz CT molecular complexity index is 855.